The molecule has 108 valence electrons. The van der Waals surface area contributed by atoms with Crippen LogP contribution in [0.5, 0.6) is 0 Å². The summed E-state index contributed by atoms with van der Waals surface area (Å²) in [6.45, 7) is 10.6. The van der Waals surface area contributed by atoms with Crippen LogP contribution in [-0.4, -0.2) is 59.2 Å². The first kappa shape index (κ1) is 14.4. The molecule has 2 rings (SSSR count). The predicted octanol–water partition coefficient (Wildman–Crippen LogP) is 0.442. The van der Waals surface area contributed by atoms with Crippen LogP contribution in [0.4, 0.5) is 0 Å². The zero-order valence-corrected chi connectivity index (χ0v) is 12.4. The molecule has 6 heteroatoms. The maximum Gasteiger partial charge on any atom is 0.240 e. The van der Waals surface area contributed by atoms with E-state index in [0.29, 0.717) is 25.0 Å². The molecule has 0 aliphatic carbocycles. The summed E-state index contributed by atoms with van der Waals surface area (Å²) in [6.07, 6.45) is 0. The topological polar surface area (TPSA) is 71.4 Å². The van der Waals surface area contributed by atoms with Crippen LogP contribution in [0.3, 0.4) is 0 Å². The van der Waals surface area contributed by atoms with Crippen LogP contribution < -0.4 is 5.73 Å². The van der Waals surface area contributed by atoms with Gasteiger partial charge in [0, 0.05) is 37.6 Å². The number of aromatic nitrogens is 2. The number of rotatable bonds is 3. The molecule has 1 unspecified atom stereocenters. The Morgan fingerprint density at radius 3 is 2.68 bits per heavy atom. The first-order valence-electron chi connectivity index (χ1n) is 6.86. The van der Waals surface area contributed by atoms with Crippen LogP contribution in [0.2, 0.25) is 0 Å². The summed E-state index contributed by atoms with van der Waals surface area (Å²) in [5, 5.41) is 4.06. The SMILES string of the molecule is CN1CCN(Cc2nc(C(C)(C)C)no2)C(CN)C1. The van der Waals surface area contributed by atoms with Crippen molar-refractivity contribution in [3.8, 4) is 0 Å². The minimum absolute atomic E-state index is 0.0723. The Labute approximate surface area is 114 Å². The van der Waals surface area contributed by atoms with Crippen LogP contribution in [0, 0.1) is 0 Å². The molecule has 2 heterocycles. The maximum atomic E-state index is 5.85. The number of piperazine rings is 1. The Morgan fingerprint density at radius 2 is 2.11 bits per heavy atom. The predicted molar refractivity (Wildman–Crippen MR) is 73.7 cm³/mol. The van der Waals surface area contributed by atoms with Crippen molar-refractivity contribution in [1.29, 1.82) is 0 Å². The van der Waals surface area contributed by atoms with Crippen molar-refractivity contribution < 1.29 is 4.52 Å². The van der Waals surface area contributed by atoms with Crippen molar-refractivity contribution >= 4 is 0 Å². The second kappa shape index (κ2) is 5.56. The fourth-order valence-electron chi connectivity index (χ4n) is 2.28. The van der Waals surface area contributed by atoms with E-state index in [0.717, 1.165) is 25.5 Å². The molecule has 2 N–H and O–H groups in total. The van der Waals surface area contributed by atoms with Gasteiger partial charge in [0.15, 0.2) is 5.82 Å². The molecule has 1 aromatic rings. The summed E-state index contributed by atoms with van der Waals surface area (Å²) in [5.41, 5.74) is 5.78. The molecule has 0 saturated carbocycles. The Balaban J connectivity index is 2.02. The monoisotopic (exact) mass is 267 g/mol. The van der Waals surface area contributed by atoms with Gasteiger partial charge in [-0.05, 0) is 7.05 Å². The molecule has 1 aliphatic rings. The van der Waals surface area contributed by atoms with Gasteiger partial charge in [-0.15, -0.1) is 0 Å². The number of nitrogens with zero attached hydrogens (tertiary/aromatic N) is 4. The van der Waals surface area contributed by atoms with Crippen LogP contribution >= 0.6 is 0 Å². The Bertz CT molecular complexity index is 411. The molecule has 0 spiro atoms. The first-order valence-corrected chi connectivity index (χ1v) is 6.86. The van der Waals surface area contributed by atoms with E-state index in [2.05, 4.69) is 47.8 Å². The molecule has 1 aromatic heterocycles. The molecular weight excluding hydrogens is 242 g/mol. The molecule has 6 nitrogen and oxygen atoms in total. The highest BCUT2D eigenvalue weighted by Gasteiger charge is 2.27. The van der Waals surface area contributed by atoms with Gasteiger partial charge in [0.1, 0.15) is 0 Å². The van der Waals surface area contributed by atoms with E-state index >= 15 is 0 Å². The largest absolute Gasteiger partial charge is 0.338 e. The van der Waals surface area contributed by atoms with E-state index in [1.807, 2.05) is 0 Å². The smallest absolute Gasteiger partial charge is 0.240 e. The lowest BCUT2D eigenvalue weighted by molar-refractivity contribution is 0.0784. The van der Waals surface area contributed by atoms with Crippen molar-refractivity contribution in [2.75, 3.05) is 33.2 Å². The minimum atomic E-state index is -0.0723. The van der Waals surface area contributed by atoms with Crippen molar-refractivity contribution in [2.24, 2.45) is 5.73 Å². The van der Waals surface area contributed by atoms with Gasteiger partial charge >= 0.3 is 0 Å². The summed E-state index contributed by atoms with van der Waals surface area (Å²) < 4.78 is 5.36. The molecule has 1 aliphatic heterocycles. The highest BCUT2D eigenvalue weighted by atomic mass is 16.5. The second-order valence-electron chi connectivity index (χ2n) is 6.38. The lowest BCUT2D eigenvalue weighted by Crippen LogP contribution is -2.54. The van der Waals surface area contributed by atoms with Crippen molar-refractivity contribution in [3.63, 3.8) is 0 Å². The molecule has 0 radical (unpaired) electrons. The van der Waals surface area contributed by atoms with Gasteiger partial charge in [0.25, 0.3) is 0 Å². The fraction of sp³-hybridized carbons (Fsp3) is 0.846. The van der Waals surface area contributed by atoms with Crippen LogP contribution in [0.1, 0.15) is 32.5 Å². The normalized spacial score (nSPS) is 22.9. The summed E-state index contributed by atoms with van der Waals surface area (Å²) in [4.78, 5) is 9.13. The van der Waals surface area contributed by atoms with E-state index < -0.39 is 0 Å². The van der Waals surface area contributed by atoms with Crippen LogP contribution in [0.25, 0.3) is 0 Å². The van der Waals surface area contributed by atoms with Crippen molar-refractivity contribution in [1.82, 2.24) is 19.9 Å². The fourth-order valence-corrected chi connectivity index (χ4v) is 2.28. The number of hydrogen-bond donors (Lipinski definition) is 1. The third-order valence-electron chi connectivity index (χ3n) is 3.56. The molecule has 0 bridgehead atoms. The summed E-state index contributed by atoms with van der Waals surface area (Å²) in [7, 11) is 2.13. The minimum Gasteiger partial charge on any atom is -0.338 e. The average Bonchev–Trinajstić information content (AvgIpc) is 2.79. The van der Waals surface area contributed by atoms with Gasteiger partial charge in [-0.3, -0.25) is 4.90 Å². The third kappa shape index (κ3) is 3.52. The molecule has 0 amide bonds. The van der Waals surface area contributed by atoms with Crippen LogP contribution in [0.15, 0.2) is 4.52 Å². The Hall–Kier alpha value is -0.980. The van der Waals surface area contributed by atoms with Crippen molar-refractivity contribution in [3.05, 3.63) is 11.7 Å². The lowest BCUT2D eigenvalue weighted by Gasteiger charge is -2.38. The zero-order valence-electron chi connectivity index (χ0n) is 12.4. The van der Waals surface area contributed by atoms with Gasteiger partial charge in [-0.2, -0.15) is 4.98 Å². The number of hydrogen-bond acceptors (Lipinski definition) is 6. The summed E-state index contributed by atoms with van der Waals surface area (Å²) in [6, 6.07) is 0.365. The highest BCUT2D eigenvalue weighted by molar-refractivity contribution is 5.00. The molecule has 19 heavy (non-hydrogen) atoms. The van der Waals surface area contributed by atoms with Crippen molar-refractivity contribution in [2.45, 2.75) is 38.8 Å². The molecule has 1 atom stereocenters. The maximum absolute atomic E-state index is 5.85. The molecular formula is C13H25N5O. The van der Waals surface area contributed by atoms with E-state index in [4.69, 9.17) is 10.3 Å². The van der Waals surface area contributed by atoms with Gasteiger partial charge in [-0.1, -0.05) is 25.9 Å². The second-order valence-corrected chi connectivity index (χ2v) is 6.38. The van der Waals surface area contributed by atoms with Gasteiger partial charge in [0.05, 0.1) is 6.54 Å². The van der Waals surface area contributed by atoms with Gasteiger partial charge < -0.3 is 15.2 Å². The quantitative estimate of drug-likeness (QED) is 0.857. The Morgan fingerprint density at radius 1 is 1.37 bits per heavy atom. The lowest BCUT2D eigenvalue weighted by atomic mass is 9.96. The average molecular weight is 267 g/mol. The standard InChI is InChI=1S/C13H25N5O/c1-13(2,3)12-15-11(19-16-12)9-18-6-5-17(4)8-10(18)7-14/h10H,5-9,14H2,1-4H3. The van der Waals surface area contributed by atoms with E-state index in [1.54, 1.807) is 0 Å². The van der Waals surface area contributed by atoms with E-state index in [1.165, 1.54) is 0 Å². The highest BCUT2D eigenvalue weighted by Crippen LogP contribution is 2.19. The summed E-state index contributed by atoms with van der Waals surface area (Å²) >= 11 is 0. The Kier molecular flexibility index (Phi) is 4.23. The van der Waals surface area contributed by atoms with Gasteiger partial charge in [-0.25, -0.2) is 0 Å². The van der Waals surface area contributed by atoms with E-state index in [-0.39, 0.29) is 5.41 Å². The first-order chi connectivity index (χ1) is 8.90. The number of nitrogens with two attached hydrogens (primary N) is 1. The van der Waals surface area contributed by atoms with Gasteiger partial charge in [0.2, 0.25) is 5.89 Å². The van der Waals surface area contributed by atoms with Crippen LogP contribution in [-0.2, 0) is 12.0 Å². The number of likely N-dealkylation sites (N-methyl/N-ethyl adjacent to an activating group) is 1. The van der Waals surface area contributed by atoms with E-state index in [9.17, 15) is 0 Å². The molecule has 0 aromatic carbocycles. The summed E-state index contributed by atoms with van der Waals surface area (Å²) in [5.74, 6) is 1.45. The molecule has 1 fully saturated rings. The molecule has 1 saturated heterocycles. The zero-order chi connectivity index (χ0) is 14.0. The third-order valence-corrected chi connectivity index (χ3v) is 3.56.